The first-order valence-electron chi connectivity index (χ1n) is 7.97. The number of carboxylic acid groups (broad SMARTS) is 2. The van der Waals surface area contributed by atoms with E-state index in [9.17, 15) is 0 Å². The molecule has 27 heavy (non-hydrogen) atoms. The summed E-state index contributed by atoms with van der Waals surface area (Å²) >= 11 is 5.46. The van der Waals surface area contributed by atoms with Crippen LogP contribution in [-0.2, 0) is 16.1 Å². The van der Waals surface area contributed by atoms with Crippen LogP contribution >= 0.6 is 27.3 Å². The second-order valence-electron chi connectivity index (χ2n) is 5.60. The van der Waals surface area contributed by atoms with Crippen molar-refractivity contribution in [2.45, 2.75) is 6.54 Å². The molecule has 0 unspecified atom stereocenters. The van der Waals surface area contributed by atoms with Gasteiger partial charge < -0.3 is 14.8 Å². The van der Waals surface area contributed by atoms with E-state index in [2.05, 4.69) is 67.7 Å². The van der Waals surface area contributed by atoms with Crippen molar-refractivity contribution in [3.63, 3.8) is 0 Å². The first-order chi connectivity index (χ1) is 13.0. The number of carboxylic acids is 2. The van der Waals surface area contributed by atoms with Gasteiger partial charge in [-0.25, -0.2) is 9.59 Å². The van der Waals surface area contributed by atoms with Crippen molar-refractivity contribution in [2.75, 3.05) is 6.54 Å². The number of hydrogen-bond donors (Lipinski definition) is 2. The van der Waals surface area contributed by atoms with Crippen LogP contribution in [0.1, 0.15) is 11.3 Å². The second-order valence-corrected chi connectivity index (χ2v) is 7.23. The smallest absolute Gasteiger partial charge is 0.414 e. The highest BCUT2D eigenvalue weighted by Crippen LogP contribution is 2.33. The summed E-state index contributed by atoms with van der Waals surface area (Å²) in [4.78, 5) is 23.0. The molecule has 1 aliphatic rings. The van der Waals surface area contributed by atoms with E-state index in [1.54, 1.807) is 11.3 Å². The minimum absolute atomic E-state index is 0.829. The molecule has 0 spiro atoms. The van der Waals surface area contributed by atoms with Crippen LogP contribution < -0.4 is 0 Å². The maximum absolute atomic E-state index is 9.10. The molecule has 0 aliphatic carbocycles. The van der Waals surface area contributed by atoms with E-state index in [1.807, 2.05) is 6.07 Å². The van der Waals surface area contributed by atoms with Crippen LogP contribution in [0.3, 0.4) is 0 Å². The number of aliphatic imine (C=N–C) groups is 1. The zero-order valence-corrected chi connectivity index (χ0v) is 16.4. The number of aromatic nitrogens is 1. The third-order valence-corrected chi connectivity index (χ3v) is 5.20. The van der Waals surface area contributed by atoms with Gasteiger partial charge in [0.15, 0.2) is 0 Å². The summed E-state index contributed by atoms with van der Waals surface area (Å²) in [6.07, 6.45) is 0. The van der Waals surface area contributed by atoms with Crippen LogP contribution in [-0.4, -0.2) is 39.0 Å². The molecule has 4 rings (SSSR count). The molecule has 6 nitrogen and oxygen atoms in total. The summed E-state index contributed by atoms with van der Waals surface area (Å²) in [6, 6.07) is 14.8. The van der Waals surface area contributed by atoms with Gasteiger partial charge in [0.05, 0.1) is 23.6 Å². The number of halogens is 1. The van der Waals surface area contributed by atoms with Gasteiger partial charge in [0, 0.05) is 27.5 Å². The zero-order chi connectivity index (χ0) is 19.4. The van der Waals surface area contributed by atoms with Crippen LogP contribution in [0.15, 0.2) is 62.7 Å². The Bertz CT molecular complexity index is 982. The fourth-order valence-corrected chi connectivity index (χ4v) is 4.07. The van der Waals surface area contributed by atoms with Crippen molar-refractivity contribution in [3.05, 3.63) is 69.0 Å². The molecular formula is C19H15BrN2O4S. The molecule has 0 radical (unpaired) electrons. The first-order valence-corrected chi connectivity index (χ1v) is 9.70. The minimum Gasteiger partial charge on any atom is -0.473 e. The predicted molar refractivity (Wildman–Crippen MR) is 108 cm³/mol. The lowest BCUT2D eigenvalue weighted by atomic mass is 10.1. The van der Waals surface area contributed by atoms with Gasteiger partial charge in [-0.3, -0.25) is 4.99 Å². The van der Waals surface area contributed by atoms with Crippen molar-refractivity contribution in [1.29, 1.82) is 0 Å². The molecule has 138 valence electrons. The lowest BCUT2D eigenvalue weighted by Gasteiger charge is -2.19. The topological polar surface area (TPSA) is 91.9 Å². The normalized spacial score (nSPS) is 12.4. The highest BCUT2D eigenvalue weighted by Gasteiger charge is 2.23. The average molecular weight is 447 g/mol. The Balaban J connectivity index is 0.000000307. The Morgan fingerprint density at radius 3 is 2.37 bits per heavy atom. The van der Waals surface area contributed by atoms with Crippen LogP contribution in [0, 0.1) is 0 Å². The molecule has 8 heteroatoms. The number of hydrogen-bond acceptors (Lipinski definition) is 4. The summed E-state index contributed by atoms with van der Waals surface area (Å²) < 4.78 is 3.49. The molecule has 2 N–H and O–H groups in total. The van der Waals surface area contributed by atoms with Gasteiger partial charge in [-0.15, -0.1) is 0 Å². The van der Waals surface area contributed by atoms with E-state index in [-0.39, 0.29) is 0 Å². The van der Waals surface area contributed by atoms with Crippen LogP contribution in [0.5, 0.6) is 0 Å². The van der Waals surface area contributed by atoms with Crippen LogP contribution in [0.4, 0.5) is 0 Å². The third-order valence-electron chi connectivity index (χ3n) is 3.92. The molecule has 2 aromatic heterocycles. The summed E-state index contributed by atoms with van der Waals surface area (Å²) in [5.74, 6) is -3.65. The van der Waals surface area contributed by atoms with Gasteiger partial charge >= 0.3 is 11.9 Å². The molecule has 0 fully saturated rings. The number of fused-ring (bicyclic) bond motifs is 1. The Morgan fingerprint density at radius 2 is 1.78 bits per heavy atom. The molecular weight excluding hydrogens is 432 g/mol. The molecule has 1 aliphatic heterocycles. The number of nitrogens with zero attached hydrogens (tertiary/aromatic N) is 2. The van der Waals surface area contributed by atoms with Crippen molar-refractivity contribution < 1.29 is 19.8 Å². The molecule has 3 heterocycles. The lowest BCUT2D eigenvalue weighted by molar-refractivity contribution is -0.159. The van der Waals surface area contributed by atoms with Gasteiger partial charge in [0.1, 0.15) is 0 Å². The number of carbonyl (C=O) groups is 2. The molecule has 0 saturated heterocycles. The van der Waals surface area contributed by atoms with E-state index in [1.165, 1.54) is 22.5 Å². The number of thiophene rings is 1. The molecule has 1 aromatic carbocycles. The summed E-state index contributed by atoms with van der Waals surface area (Å²) in [6.45, 7) is 1.76. The monoisotopic (exact) mass is 446 g/mol. The Morgan fingerprint density at radius 1 is 1.07 bits per heavy atom. The van der Waals surface area contributed by atoms with Crippen LogP contribution in [0.2, 0.25) is 0 Å². The predicted octanol–water partition coefficient (Wildman–Crippen LogP) is 3.99. The van der Waals surface area contributed by atoms with E-state index in [0.29, 0.717) is 0 Å². The highest BCUT2D eigenvalue weighted by molar-refractivity contribution is 9.10. The first kappa shape index (κ1) is 19.1. The number of benzene rings is 1. The zero-order valence-electron chi connectivity index (χ0n) is 14.0. The van der Waals surface area contributed by atoms with Gasteiger partial charge in [-0.2, -0.15) is 11.3 Å². The maximum atomic E-state index is 9.10. The Kier molecular flexibility index (Phi) is 5.88. The molecule has 3 aromatic rings. The molecule has 0 bridgehead atoms. The van der Waals surface area contributed by atoms with E-state index in [4.69, 9.17) is 24.8 Å². The van der Waals surface area contributed by atoms with Crippen LogP contribution in [0.25, 0.3) is 11.3 Å². The SMILES string of the molecule is Brc1cc(-c2ccsc2)n2c1C(c1ccccc1)=NCC2.O=C(O)C(=O)O. The Labute approximate surface area is 167 Å². The standard InChI is InChI=1S/C17H13BrN2S.C2H2O4/c18-14-10-15(13-6-9-21-11-13)20-8-7-19-16(17(14)20)12-4-2-1-3-5-12;3-1(4)2(5)6/h1-6,9-11H,7-8H2;(H,3,4)(H,5,6). The van der Waals surface area contributed by atoms with Gasteiger partial charge in [0.2, 0.25) is 0 Å². The van der Waals surface area contributed by atoms with E-state index >= 15 is 0 Å². The molecule has 0 amide bonds. The summed E-state index contributed by atoms with van der Waals surface area (Å²) in [7, 11) is 0. The van der Waals surface area contributed by atoms with Crippen molar-refractivity contribution in [2.24, 2.45) is 4.99 Å². The number of aliphatic carboxylic acids is 2. The Hall–Kier alpha value is -2.71. The van der Waals surface area contributed by atoms with E-state index in [0.717, 1.165) is 23.3 Å². The molecule has 0 atom stereocenters. The number of rotatable bonds is 2. The van der Waals surface area contributed by atoms with Crippen molar-refractivity contribution in [1.82, 2.24) is 4.57 Å². The molecule has 0 saturated carbocycles. The van der Waals surface area contributed by atoms with E-state index < -0.39 is 11.9 Å². The minimum atomic E-state index is -1.82. The third kappa shape index (κ3) is 4.17. The second kappa shape index (κ2) is 8.32. The van der Waals surface area contributed by atoms with Gasteiger partial charge in [0.25, 0.3) is 0 Å². The largest absolute Gasteiger partial charge is 0.473 e. The van der Waals surface area contributed by atoms with Gasteiger partial charge in [-0.05, 0) is 33.4 Å². The quantitative estimate of drug-likeness (QED) is 0.582. The van der Waals surface area contributed by atoms with Crippen molar-refractivity contribution >= 4 is 44.9 Å². The van der Waals surface area contributed by atoms with Crippen molar-refractivity contribution in [3.8, 4) is 11.3 Å². The maximum Gasteiger partial charge on any atom is 0.414 e. The summed E-state index contributed by atoms with van der Waals surface area (Å²) in [5, 5.41) is 19.1. The average Bonchev–Trinajstić information content (AvgIpc) is 3.31. The summed E-state index contributed by atoms with van der Waals surface area (Å²) in [5.41, 5.74) is 5.99. The fraction of sp³-hybridized carbons (Fsp3) is 0.105. The lowest BCUT2D eigenvalue weighted by Crippen LogP contribution is -2.20. The van der Waals surface area contributed by atoms with Gasteiger partial charge in [-0.1, -0.05) is 30.3 Å². The highest BCUT2D eigenvalue weighted by atomic mass is 79.9. The fourth-order valence-electron chi connectivity index (χ4n) is 2.80.